The monoisotopic (exact) mass is 1020 g/mol. The van der Waals surface area contributed by atoms with Crippen molar-refractivity contribution >= 4 is 47.4 Å². The third-order valence-electron chi connectivity index (χ3n) is 12.4. The number of hydrogen-bond donors (Lipinski definition) is 15. The molecule has 7 atom stereocenters. The van der Waals surface area contributed by atoms with Crippen LogP contribution in [0.1, 0.15) is 91.0 Å². The number of carbonyl (C=O) groups is 7. The average molecular weight is 1020 g/mol. The molecular weight excluding hydrogens is 931 g/mol. The first-order valence-corrected chi connectivity index (χ1v) is 25.4. The Morgan fingerprint density at radius 3 is 2.03 bits per heavy atom. The van der Waals surface area contributed by atoms with E-state index in [1.807, 2.05) is 20.8 Å². The molecule has 2 rings (SSSR count). The molecular formula is C48H87N15O9. The summed E-state index contributed by atoms with van der Waals surface area (Å²) in [5.41, 5.74) is 28.8. The topological polar surface area (TPSA) is 402 Å². The van der Waals surface area contributed by atoms with Crippen molar-refractivity contribution in [3.63, 3.8) is 0 Å². The van der Waals surface area contributed by atoms with Crippen molar-refractivity contribution in [2.45, 2.75) is 128 Å². The van der Waals surface area contributed by atoms with E-state index < -0.39 is 83.6 Å². The van der Waals surface area contributed by atoms with Crippen LogP contribution in [0.4, 0.5) is 0 Å². The first-order valence-electron chi connectivity index (χ1n) is 25.4. The lowest BCUT2D eigenvalue weighted by Crippen LogP contribution is -2.60. The van der Waals surface area contributed by atoms with Crippen LogP contribution in [-0.4, -0.2) is 171 Å². The van der Waals surface area contributed by atoms with Crippen LogP contribution < -0.4 is 71.2 Å². The van der Waals surface area contributed by atoms with E-state index in [0.717, 1.165) is 0 Å². The summed E-state index contributed by atoms with van der Waals surface area (Å²) in [5, 5.41) is 43.3. The average Bonchev–Trinajstić information content (AvgIpc) is 3.84. The van der Waals surface area contributed by atoms with E-state index >= 15 is 0 Å². The number of guanidine groups is 1. The quantitative estimate of drug-likeness (QED) is 0.0180. The van der Waals surface area contributed by atoms with Gasteiger partial charge in [-0.05, 0) is 81.0 Å². The summed E-state index contributed by atoms with van der Waals surface area (Å²) in [7, 11) is 0. The lowest BCUT2D eigenvalue weighted by molar-refractivity contribution is -0.143. The van der Waals surface area contributed by atoms with Crippen molar-refractivity contribution in [1.82, 2.24) is 47.4 Å². The predicted molar refractivity (Wildman–Crippen MR) is 276 cm³/mol. The van der Waals surface area contributed by atoms with Crippen LogP contribution in [-0.2, 0) is 40.0 Å². The number of nitrogens with one attached hydrogen (secondary N) is 8. The number of likely N-dealkylation sites (tertiary alicyclic amines) is 1. The Morgan fingerprint density at radius 2 is 1.44 bits per heavy atom. The minimum atomic E-state index is -1.26. The summed E-state index contributed by atoms with van der Waals surface area (Å²) in [5.74, 6) is -5.43. The van der Waals surface area contributed by atoms with Crippen molar-refractivity contribution in [3.05, 3.63) is 29.8 Å². The molecule has 24 nitrogen and oxygen atoms in total. The van der Waals surface area contributed by atoms with Crippen LogP contribution in [0.15, 0.2) is 29.3 Å². The fourth-order valence-electron chi connectivity index (χ4n) is 8.22. The summed E-state index contributed by atoms with van der Waals surface area (Å²) >= 11 is 0. The molecule has 1 aliphatic heterocycles. The molecule has 6 amide bonds. The van der Waals surface area contributed by atoms with Gasteiger partial charge in [0.15, 0.2) is 5.96 Å². The molecule has 1 fully saturated rings. The number of aromatic hydroxyl groups is 1. The van der Waals surface area contributed by atoms with Gasteiger partial charge in [-0.25, -0.2) is 4.79 Å². The minimum Gasteiger partial charge on any atom is -0.508 e. The lowest BCUT2D eigenvalue weighted by atomic mass is 9.96. The summed E-state index contributed by atoms with van der Waals surface area (Å²) in [6.07, 6.45) is 3.83. The number of phenolic OH excluding ortho intramolecular Hbond substituents is 1. The Kier molecular flexibility index (Phi) is 30.1. The van der Waals surface area contributed by atoms with Crippen LogP contribution in [0.2, 0.25) is 0 Å². The molecule has 0 bridgehead atoms. The number of amides is 6. The van der Waals surface area contributed by atoms with Gasteiger partial charge < -0.3 is 86.3 Å². The number of rotatable bonds is 37. The number of aliphatic carboxylic acids is 1. The largest absolute Gasteiger partial charge is 0.508 e. The summed E-state index contributed by atoms with van der Waals surface area (Å²) in [4.78, 5) is 101. The number of nitrogens with zero attached hydrogens (tertiary/aromatic N) is 2. The number of hydrogen-bond acceptors (Lipinski definition) is 15. The Labute approximate surface area is 424 Å². The molecule has 0 radical (unpaired) electrons. The SMILES string of the molecule is CC[C@H](C)[C@H](NC(=O)[C@H](Cc1ccc(O)cc1)NC(=O)[C@@H]1CCCN1C(=O)[C@H](CCCN=C(N)N)NC[C@H](CCCCN)NC(=O)CNC(=O)C(CNCCN)CNCCN)C(=O)N[C@@H](CC(C)C)C(=O)O. The molecule has 1 heterocycles. The van der Waals surface area contributed by atoms with E-state index in [1.54, 1.807) is 19.1 Å². The summed E-state index contributed by atoms with van der Waals surface area (Å²) in [6, 6.07) is 0.151. The maximum absolute atomic E-state index is 14.6. The molecule has 0 spiro atoms. The molecule has 1 aromatic rings. The maximum atomic E-state index is 14.6. The molecule has 0 aliphatic carbocycles. The Balaban J connectivity index is 2.36. The minimum absolute atomic E-state index is 0.00906. The third-order valence-corrected chi connectivity index (χ3v) is 12.4. The Morgan fingerprint density at radius 1 is 0.778 bits per heavy atom. The van der Waals surface area contributed by atoms with E-state index in [1.165, 1.54) is 17.0 Å². The maximum Gasteiger partial charge on any atom is 0.326 e. The van der Waals surface area contributed by atoms with E-state index in [2.05, 4.69) is 47.5 Å². The zero-order valence-electron chi connectivity index (χ0n) is 42.9. The Hall–Kier alpha value is -5.66. The molecule has 1 saturated heterocycles. The highest BCUT2D eigenvalue weighted by molar-refractivity contribution is 5.96. The van der Waals surface area contributed by atoms with Crippen LogP contribution >= 0.6 is 0 Å². The molecule has 0 unspecified atom stereocenters. The number of benzene rings is 1. The first-order chi connectivity index (χ1) is 34.3. The van der Waals surface area contributed by atoms with Gasteiger partial charge in [0.05, 0.1) is 18.5 Å². The lowest BCUT2D eigenvalue weighted by Gasteiger charge is -2.31. The van der Waals surface area contributed by atoms with Gasteiger partial charge in [0.25, 0.3) is 0 Å². The number of carboxylic acids is 1. The highest BCUT2D eigenvalue weighted by Crippen LogP contribution is 2.21. The first kappa shape index (κ1) is 62.5. The number of carboxylic acid groups (broad SMARTS) is 1. The molecule has 72 heavy (non-hydrogen) atoms. The second-order valence-corrected chi connectivity index (χ2v) is 18.9. The van der Waals surface area contributed by atoms with Gasteiger partial charge in [-0.2, -0.15) is 0 Å². The molecule has 1 aromatic carbocycles. The van der Waals surface area contributed by atoms with Gasteiger partial charge in [-0.1, -0.05) is 52.7 Å². The highest BCUT2D eigenvalue weighted by atomic mass is 16.4. The zero-order chi connectivity index (χ0) is 53.6. The van der Waals surface area contributed by atoms with Gasteiger partial charge in [-0.15, -0.1) is 0 Å². The zero-order valence-corrected chi connectivity index (χ0v) is 42.9. The number of phenols is 1. The molecule has 0 saturated carbocycles. The summed E-state index contributed by atoms with van der Waals surface area (Å²) < 4.78 is 0. The third kappa shape index (κ3) is 23.7. The molecule has 0 aromatic heterocycles. The molecule has 24 heteroatoms. The van der Waals surface area contributed by atoms with Crippen LogP contribution in [0.3, 0.4) is 0 Å². The second-order valence-electron chi connectivity index (χ2n) is 18.9. The molecule has 1 aliphatic rings. The van der Waals surface area contributed by atoms with E-state index in [0.29, 0.717) is 89.9 Å². The molecule has 20 N–H and O–H groups in total. The number of aliphatic imine (C=N–C) groups is 1. The van der Waals surface area contributed by atoms with E-state index in [4.69, 9.17) is 28.7 Å². The molecule has 408 valence electrons. The van der Waals surface area contributed by atoms with Gasteiger partial charge in [0, 0.05) is 71.4 Å². The number of nitrogens with two attached hydrogens (primary N) is 5. The van der Waals surface area contributed by atoms with E-state index in [9.17, 15) is 43.8 Å². The second kappa shape index (κ2) is 34.7. The van der Waals surface area contributed by atoms with Gasteiger partial charge >= 0.3 is 5.97 Å². The van der Waals surface area contributed by atoms with Gasteiger partial charge in [0.2, 0.25) is 35.4 Å². The van der Waals surface area contributed by atoms with Crippen molar-refractivity contribution in [2.24, 2.45) is 51.4 Å². The van der Waals surface area contributed by atoms with Gasteiger partial charge in [-0.3, -0.25) is 33.8 Å². The normalized spacial score (nSPS) is 16.0. The summed E-state index contributed by atoms with van der Waals surface area (Å²) in [6.45, 7) is 10.5. The van der Waals surface area contributed by atoms with Crippen LogP contribution in [0, 0.1) is 17.8 Å². The van der Waals surface area contributed by atoms with E-state index in [-0.39, 0.29) is 75.4 Å². The number of carbonyl (C=O) groups excluding carboxylic acids is 6. The van der Waals surface area contributed by atoms with Crippen LogP contribution in [0.5, 0.6) is 5.75 Å². The highest BCUT2D eigenvalue weighted by Gasteiger charge is 2.39. The predicted octanol–water partition coefficient (Wildman–Crippen LogP) is -2.99. The Bertz CT molecular complexity index is 1840. The fourth-order valence-corrected chi connectivity index (χ4v) is 8.22. The fraction of sp³-hybridized carbons (Fsp3) is 0.708. The van der Waals surface area contributed by atoms with Crippen molar-refractivity contribution in [2.75, 3.05) is 72.0 Å². The smallest absolute Gasteiger partial charge is 0.326 e. The van der Waals surface area contributed by atoms with Crippen molar-refractivity contribution < 1.29 is 43.8 Å². The standard InChI is InChI=1S/C48H87N15O9/c1-5-31(4)41(45(69)61-38(47(71)72)24-30(2)3)62-43(67)37(25-32-13-15-35(64)16-14-32)60-44(68)39-12-9-23-63(39)46(70)36(11-8-20-56-48(52)53)57-28-34(10-6-7-17-49)59-40(65)29-58-42(66)33(26-54-21-18-50)27-55-22-19-51/h13-16,30-31,33-34,36-39,41,54-55,57,64H,5-12,17-29,49-51H2,1-4H3,(H,58,66)(H,59,65)(H,60,68)(H,61,69)(H,62,67)(H,71,72)(H4,52,53,56)/t31-,34-,36-,37-,38-,39-,41-/m0/s1. The van der Waals surface area contributed by atoms with Crippen molar-refractivity contribution in [3.8, 4) is 5.75 Å². The number of unbranched alkanes of at least 4 members (excludes halogenated alkanes) is 1. The van der Waals surface area contributed by atoms with Crippen molar-refractivity contribution in [1.29, 1.82) is 0 Å². The van der Waals surface area contributed by atoms with Gasteiger partial charge in [0.1, 0.15) is 29.9 Å². The van der Waals surface area contributed by atoms with Crippen LogP contribution in [0.25, 0.3) is 0 Å².